The van der Waals surface area contributed by atoms with E-state index in [4.69, 9.17) is 0 Å². The highest BCUT2D eigenvalue weighted by Gasteiger charge is 2.17. The van der Waals surface area contributed by atoms with Crippen LogP contribution >= 0.6 is 23.1 Å². The molecule has 3 heterocycles. The third kappa shape index (κ3) is 2.44. The highest BCUT2D eigenvalue weighted by atomic mass is 32.2. The Morgan fingerprint density at radius 3 is 3.28 bits per heavy atom. The molecule has 0 aromatic carbocycles. The largest absolute Gasteiger partial charge is 0.347 e. The van der Waals surface area contributed by atoms with Crippen LogP contribution in [0.25, 0.3) is 0 Å². The number of nitrogens with one attached hydrogen (secondary N) is 2. The van der Waals surface area contributed by atoms with Gasteiger partial charge in [0.1, 0.15) is 5.82 Å². The predicted molar refractivity (Wildman–Crippen MR) is 73.9 cm³/mol. The van der Waals surface area contributed by atoms with Crippen molar-refractivity contribution in [1.82, 2.24) is 15.3 Å². The van der Waals surface area contributed by atoms with E-state index in [2.05, 4.69) is 15.3 Å². The van der Waals surface area contributed by atoms with Gasteiger partial charge in [0, 0.05) is 23.0 Å². The zero-order chi connectivity index (χ0) is 12.4. The second kappa shape index (κ2) is 5.16. The second-order valence-corrected chi connectivity index (χ2v) is 6.32. The Kier molecular flexibility index (Phi) is 3.38. The number of nitrogens with zero attached hydrogens (tertiary/aromatic N) is 1. The average molecular weight is 279 g/mol. The van der Waals surface area contributed by atoms with Crippen LogP contribution in [0.2, 0.25) is 0 Å². The van der Waals surface area contributed by atoms with Gasteiger partial charge in [-0.1, -0.05) is 0 Å². The summed E-state index contributed by atoms with van der Waals surface area (Å²) in [6, 6.07) is 2.03. The topological polar surface area (TPSA) is 57.8 Å². The lowest BCUT2D eigenvalue weighted by Crippen LogP contribution is -2.22. The predicted octanol–water partition coefficient (Wildman–Crippen LogP) is 2.19. The van der Waals surface area contributed by atoms with Crippen LogP contribution in [0.15, 0.2) is 18.5 Å². The summed E-state index contributed by atoms with van der Waals surface area (Å²) in [7, 11) is 0. The molecular weight excluding hydrogens is 266 g/mol. The van der Waals surface area contributed by atoms with Crippen LogP contribution in [0, 0.1) is 0 Å². The van der Waals surface area contributed by atoms with Gasteiger partial charge < -0.3 is 10.3 Å². The maximum absolute atomic E-state index is 12.0. The first-order chi connectivity index (χ1) is 8.83. The first kappa shape index (κ1) is 11.8. The molecule has 0 aliphatic carbocycles. The Labute approximate surface area is 113 Å². The van der Waals surface area contributed by atoms with Crippen molar-refractivity contribution in [1.29, 1.82) is 0 Å². The molecule has 6 heteroatoms. The molecule has 0 fully saturated rings. The molecule has 2 aromatic rings. The number of fused-ring (bicyclic) bond motifs is 1. The van der Waals surface area contributed by atoms with Crippen molar-refractivity contribution >= 4 is 29.0 Å². The summed E-state index contributed by atoms with van der Waals surface area (Å²) in [6.07, 6.45) is 4.53. The van der Waals surface area contributed by atoms with Crippen LogP contribution in [0.5, 0.6) is 0 Å². The molecule has 2 N–H and O–H groups in total. The molecule has 0 bridgehead atoms. The highest BCUT2D eigenvalue weighted by Crippen LogP contribution is 2.31. The van der Waals surface area contributed by atoms with Gasteiger partial charge in [-0.15, -0.1) is 11.3 Å². The molecule has 3 rings (SSSR count). The van der Waals surface area contributed by atoms with Crippen LogP contribution in [0.1, 0.15) is 25.9 Å². The number of aromatic nitrogens is 2. The molecule has 94 valence electrons. The Morgan fingerprint density at radius 1 is 1.56 bits per heavy atom. The number of aryl methyl sites for hydroxylation is 1. The number of carbonyl (C=O) groups excluding carboxylic acids is 1. The van der Waals surface area contributed by atoms with Crippen molar-refractivity contribution in [3.63, 3.8) is 0 Å². The number of aromatic amines is 1. The van der Waals surface area contributed by atoms with Crippen molar-refractivity contribution < 1.29 is 4.79 Å². The van der Waals surface area contributed by atoms with Gasteiger partial charge in [0.15, 0.2) is 0 Å². The van der Waals surface area contributed by atoms with Crippen LogP contribution < -0.4 is 5.32 Å². The molecule has 1 aliphatic rings. The summed E-state index contributed by atoms with van der Waals surface area (Å²) in [5.41, 5.74) is 1.33. The fourth-order valence-corrected chi connectivity index (χ4v) is 4.19. The minimum Gasteiger partial charge on any atom is -0.347 e. The van der Waals surface area contributed by atoms with E-state index in [1.807, 2.05) is 17.8 Å². The third-order valence-corrected chi connectivity index (χ3v) is 5.07. The SMILES string of the molecule is O=C(NCc1ncc[nH]1)c1cc2c(s1)CCSC2. The van der Waals surface area contributed by atoms with E-state index in [0.29, 0.717) is 6.54 Å². The van der Waals surface area contributed by atoms with Gasteiger partial charge in [-0.05, 0) is 23.8 Å². The number of imidazole rings is 1. The Hall–Kier alpha value is -1.27. The first-order valence-electron chi connectivity index (χ1n) is 5.79. The van der Waals surface area contributed by atoms with Crippen molar-refractivity contribution in [2.75, 3.05) is 5.75 Å². The van der Waals surface area contributed by atoms with Crippen LogP contribution in [0.4, 0.5) is 0 Å². The zero-order valence-corrected chi connectivity index (χ0v) is 11.4. The average Bonchev–Trinajstić information content (AvgIpc) is 3.04. The van der Waals surface area contributed by atoms with E-state index >= 15 is 0 Å². The molecule has 0 saturated carbocycles. The van der Waals surface area contributed by atoms with Gasteiger partial charge in [-0.2, -0.15) is 11.8 Å². The summed E-state index contributed by atoms with van der Waals surface area (Å²) < 4.78 is 0. The summed E-state index contributed by atoms with van der Waals surface area (Å²) in [5.74, 6) is 2.98. The smallest absolute Gasteiger partial charge is 0.261 e. The van der Waals surface area contributed by atoms with E-state index in [9.17, 15) is 4.79 Å². The van der Waals surface area contributed by atoms with E-state index in [1.165, 1.54) is 16.2 Å². The molecule has 0 spiro atoms. The van der Waals surface area contributed by atoms with Crippen molar-refractivity contribution in [3.05, 3.63) is 39.6 Å². The lowest BCUT2D eigenvalue weighted by Gasteiger charge is -2.08. The van der Waals surface area contributed by atoms with Crippen molar-refractivity contribution in [3.8, 4) is 0 Å². The molecule has 4 nitrogen and oxygen atoms in total. The molecular formula is C12H13N3OS2. The highest BCUT2D eigenvalue weighted by molar-refractivity contribution is 7.98. The Morgan fingerprint density at radius 2 is 2.50 bits per heavy atom. The third-order valence-electron chi connectivity index (χ3n) is 2.82. The fourth-order valence-electron chi connectivity index (χ4n) is 1.90. The quantitative estimate of drug-likeness (QED) is 0.905. The number of rotatable bonds is 3. The number of hydrogen-bond acceptors (Lipinski definition) is 4. The van der Waals surface area contributed by atoms with Gasteiger partial charge in [0.05, 0.1) is 11.4 Å². The Balaban J connectivity index is 1.67. The van der Waals surface area contributed by atoms with Gasteiger partial charge in [0.25, 0.3) is 5.91 Å². The van der Waals surface area contributed by atoms with E-state index in [-0.39, 0.29) is 5.91 Å². The molecule has 0 radical (unpaired) electrons. The molecule has 0 atom stereocenters. The van der Waals surface area contributed by atoms with Crippen LogP contribution in [-0.2, 0) is 18.7 Å². The minimum absolute atomic E-state index is 0.00389. The lowest BCUT2D eigenvalue weighted by atomic mass is 10.2. The first-order valence-corrected chi connectivity index (χ1v) is 7.76. The number of hydrogen-bond donors (Lipinski definition) is 2. The molecule has 1 aliphatic heterocycles. The normalized spacial score (nSPS) is 14.2. The molecule has 1 amide bonds. The number of amides is 1. The zero-order valence-electron chi connectivity index (χ0n) is 9.73. The van der Waals surface area contributed by atoms with Crippen LogP contribution in [-0.4, -0.2) is 21.6 Å². The summed E-state index contributed by atoms with van der Waals surface area (Å²) in [4.78, 5) is 21.2. The van der Waals surface area contributed by atoms with Crippen molar-refractivity contribution in [2.45, 2.75) is 18.7 Å². The van der Waals surface area contributed by atoms with Crippen molar-refractivity contribution in [2.24, 2.45) is 0 Å². The molecule has 0 saturated heterocycles. The number of carbonyl (C=O) groups is 1. The Bertz CT molecular complexity index is 524. The summed E-state index contributed by atoms with van der Waals surface area (Å²) in [5, 5.41) is 2.88. The van der Waals surface area contributed by atoms with Gasteiger partial charge >= 0.3 is 0 Å². The molecule has 0 unspecified atom stereocenters. The second-order valence-electron chi connectivity index (χ2n) is 4.08. The maximum Gasteiger partial charge on any atom is 0.261 e. The number of H-pyrrole nitrogens is 1. The number of thiophene rings is 1. The molecule has 18 heavy (non-hydrogen) atoms. The van der Waals surface area contributed by atoms with Gasteiger partial charge in [-0.25, -0.2) is 4.98 Å². The van der Waals surface area contributed by atoms with E-state index in [1.54, 1.807) is 23.7 Å². The fraction of sp³-hybridized carbons (Fsp3) is 0.333. The summed E-state index contributed by atoms with van der Waals surface area (Å²) >= 11 is 3.56. The van der Waals surface area contributed by atoms with Gasteiger partial charge in [-0.3, -0.25) is 4.79 Å². The standard InChI is InChI=1S/C12H13N3OS2/c16-12(15-6-11-13-2-3-14-11)10-5-8-7-17-4-1-9(8)18-10/h2-3,5H,1,4,6-7H2,(H,13,14)(H,15,16). The van der Waals surface area contributed by atoms with Crippen LogP contribution in [0.3, 0.4) is 0 Å². The number of thioether (sulfide) groups is 1. The summed E-state index contributed by atoms with van der Waals surface area (Å²) in [6.45, 7) is 0.448. The van der Waals surface area contributed by atoms with Gasteiger partial charge in [0.2, 0.25) is 0 Å². The molecule has 2 aromatic heterocycles. The lowest BCUT2D eigenvalue weighted by molar-refractivity contribution is 0.0954. The van der Waals surface area contributed by atoms with E-state index in [0.717, 1.165) is 22.9 Å². The monoisotopic (exact) mass is 279 g/mol. The maximum atomic E-state index is 12.0. The minimum atomic E-state index is -0.00389. The van der Waals surface area contributed by atoms with E-state index < -0.39 is 0 Å².